The van der Waals surface area contributed by atoms with Gasteiger partial charge in [-0.25, -0.2) is 0 Å². The van der Waals surface area contributed by atoms with Crippen molar-refractivity contribution in [3.8, 4) is 0 Å². The average molecular weight is 255 g/mol. The molecular formula is C15H33N3. The summed E-state index contributed by atoms with van der Waals surface area (Å²) in [7, 11) is 4.31. The van der Waals surface area contributed by atoms with Gasteiger partial charge in [-0.15, -0.1) is 0 Å². The number of nitrogens with zero attached hydrogens (tertiary/aromatic N) is 2. The van der Waals surface area contributed by atoms with Crippen LogP contribution in [0.3, 0.4) is 0 Å². The first-order chi connectivity index (χ1) is 8.39. The minimum Gasteiger partial charge on any atom is -0.329 e. The second-order valence-electron chi connectivity index (χ2n) is 6.92. The Balaban J connectivity index is 2.72. The number of hydrogen-bond donors (Lipinski definition) is 1. The molecule has 2 N–H and O–H groups in total. The van der Waals surface area contributed by atoms with Gasteiger partial charge in [-0.1, -0.05) is 20.8 Å². The number of hydrogen-bond acceptors (Lipinski definition) is 3. The van der Waals surface area contributed by atoms with Crippen molar-refractivity contribution < 1.29 is 0 Å². The standard InChI is InChI=1S/C15H33N3/c1-13(2)11-18(9-8-17(4)5)15(12-16)7-6-14(3)10-15/h13-14H,6-12,16H2,1-5H3. The Morgan fingerprint density at radius 2 is 1.94 bits per heavy atom. The molecule has 0 aromatic rings. The maximum atomic E-state index is 6.16. The molecule has 0 aromatic heterocycles. The average Bonchev–Trinajstić information content (AvgIpc) is 2.66. The summed E-state index contributed by atoms with van der Waals surface area (Å²) >= 11 is 0. The van der Waals surface area contributed by atoms with Gasteiger partial charge in [0, 0.05) is 31.7 Å². The van der Waals surface area contributed by atoms with Gasteiger partial charge in [0.05, 0.1) is 0 Å². The zero-order chi connectivity index (χ0) is 13.8. The van der Waals surface area contributed by atoms with Gasteiger partial charge in [0.2, 0.25) is 0 Å². The highest BCUT2D eigenvalue weighted by molar-refractivity contribution is 4.98. The van der Waals surface area contributed by atoms with Crippen molar-refractivity contribution in [3.05, 3.63) is 0 Å². The van der Waals surface area contributed by atoms with E-state index in [9.17, 15) is 0 Å². The van der Waals surface area contributed by atoms with Crippen molar-refractivity contribution in [3.63, 3.8) is 0 Å². The second-order valence-corrected chi connectivity index (χ2v) is 6.92. The van der Waals surface area contributed by atoms with E-state index in [1.807, 2.05) is 0 Å². The topological polar surface area (TPSA) is 32.5 Å². The van der Waals surface area contributed by atoms with Crippen LogP contribution in [0.2, 0.25) is 0 Å². The minimum absolute atomic E-state index is 0.277. The molecule has 0 radical (unpaired) electrons. The van der Waals surface area contributed by atoms with Crippen LogP contribution in [0.15, 0.2) is 0 Å². The largest absolute Gasteiger partial charge is 0.329 e. The van der Waals surface area contributed by atoms with Crippen molar-refractivity contribution in [2.24, 2.45) is 17.6 Å². The molecule has 0 aliphatic heterocycles. The summed E-state index contributed by atoms with van der Waals surface area (Å²) in [5, 5.41) is 0. The van der Waals surface area contributed by atoms with Gasteiger partial charge in [0.1, 0.15) is 0 Å². The highest BCUT2D eigenvalue weighted by atomic mass is 15.2. The van der Waals surface area contributed by atoms with Crippen molar-refractivity contribution in [2.75, 3.05) is 40.3 Å². The minimum atomic E-state index is 0.277. The summed E-state index contributed by atoms with van der Waals surface area (Å²) in [6, 6.07) is 0. The van der Waals surface area contributed by atoms with E-state index in [0.717, 1.165) is 25.6 Å². The van der Waals surface area contributed by atoms with Crippen LogP contribution >= 0.6 is 0 Å². The lowest BCUT2D eigenvalue weighted by Gasteiger charge is -2.42. The van der Waals surface area contributed by atoms with E-state index < -0.39 is 0 Å². The van der Waals surface area contributed by atoms with Crippen LogP contribution in [0, 0.1) is 11.8 Å². The monoisotopic (exact) mass is 255 g/mol. The number of rotatable bonds is 7. The van der Waals surface area contributed by atoms with Crippen molar-refractivity contribution in [1.29, 1.82) is 0 Å². The molecule has 1 aliphatic carbocycles. The fourth-order valence-electron chi connectivity index (χ4n) is 3.25. The molecule has 0 aromatic carbocycles. The molecular weight excluding hydrogens is 222 g/mol. The lowest BCUT2D eigenvalue weighted by atomic mass is 9.92. The zero-order valence-electron chi connectivity index (χ0n) is 13.1. The van der Waals surface area contributed by atoms with E-state index in [4.69, 9.17) is 5.73 Å². The summed E-state index contributed by atoms with van der Waals surface area (Å²) in [5.41, 5.74) is 6.44. The summed E-state index contributed by atoms with van der Waals surface area (Å²) < 4.78 is 0. The maximum absolute atomic E-state index is 6.16. The Kier molecular flexibility index (Phi) is 6.09. The molecule has 0 bridgehead atoms. The highest BCUT2D eigenvalue weighted by Crippen LogP contribution is 2.38. The molecule has 0 spiro atoms. The van der Waals surface area contributed by atoms with Crippen LogP contribution in [-0.2, 0) is 0 Å². The summed E-state index contributed by atoms with van der Waals surface area (Å²) in [6.45, 7) is 11.3. The van der Waals surface area contributed by atoms with E-state index in [0.29, 0.717) is 5.92 Å². The Morgan fingerprint density at radius 1 is 1.28 bits per heavy atom. The Bertz CT molecular complexity index is 240. The molecule has 0 heterocycles. The maximum Gasteiger partial charge on any atom is 0.0335 e. The molecule has 18 heavy (non-hydrogen) atoms. The van der Waals surface area contributed by atoms with Crippen molar-refractivity contribution in [1.82, 2.24) is 9.80 Å². The molecule has 1 saturated carbocycles. The third-order valence-electron chi connectivity index (χ3n) is 4.28. The molecule has 1 aliphatic rings. The van der Waals surface area contributed by atoms with E-state index >= 15 is 0 Å². The van der Waals surface area contributed by atoms with E-state index in [2.05, 4.69) is 44.7 Å². The number of likely N-dealkylation sites (N-methyl/N-ethyl adjacent to an activating group) is 1. The van der Waals surface area contributed by atoms with Gasteiger partial charge in [0.15, 0.2) is 0 Å². The molecule has 0 amide bonds. The van der Waals surface area contributed by atoms with Crippen molar-refractivity contribution in [2.45, 2.75) is 45.6 Å². The van der Waals surface area contributed by atoms with Gasteiger partial charge < -0.3 is 10.6 Å². The van der Waals surface area contributed by atoms with Crippen molar-refractivity contribution >= 4 is 0 Å². The third kappa shape index (κ3) is 4.22. The van der Waals surface area contributed by atoms with Crippen LogP contribution in [0.1, 0.15) is 40.0 Å². The SMILES string of the molecule is CC(C)CN(CCN(C)C)C1(CN)CCC(C)C1. The lowest BCUT2D eigenvalue weighted by Crippen LogP contribution is -2.55. The Hall–Kier alpha value is -0.120. The van der Waals surface area contributed by atoms with Crippen LogP contribution < -0.4 is 5.73 Å². The van der Waals surface area contributed by atoms with Crippen LogP contribution in [0.5, 0.6) is 0 Å². The fraction of sp³-hybridized carbons (Fsp3) is 1.00. The van der Waals surface area contributed by atoms with Gasteiger partial charge in [-0.2, -0.15) is 0 Å². The summed E-state index contributed by atoms with van der Waals surface area (Å²) in [5.74, 6) is 1.55. The molecule has 1 rings (SSSR count). The van der Waals surface area contributed by atoms with Crippen LogP contribution in [0.4, 0.5) is 0 Å². The quantitative estimate of drug-likeness (QED) is 0.755. The third-order valence-corrected chi connectivity index (χ3v) is 4.28. The predicted molar refractivity (Wildman–Crippen MR) is 79.8 cm³/mol. The van der Waals surface area contributed by atoms with E-state index in [1.54, 1.807) is 0 Å². The van der Waals surface area contributed by atoms with Gasteiger partial charge in [-0.05, 0) is 45.2 Å². The van der Waals surface area contributed by atoms with Crippen LogP contribution in [-0.4, -0.2) is 55.6 Å². The molecule has 108 valence electrons. The van der Waals surface area contributed by atoms with E-state index in [-0.39, 0.29) is 5.54 Å². The predicted octanol–water partition coefficient (Wildman–Crippen LogP) is 2.02. The zero-order valence-corrected chi connectivity index (χ0v) is 13.1. The smallest absolute Gasteiger partial charge is 0.0335 e. The second kappa shape index (κ2) is 6.88. The summed E-state index contributed by atoms with van der Waals surface area (Å²) in [4.78, 5) is 4.96. The van der Waals surface area contributed by atoms with Crippen LogP contribution in [0.25, 0.3) is 0 Å². The highest BCUT2D eigenvalue weighted by Gasteiger charge is 2.41. The molecule has 3 heteroatoms. The normalized spacial score (nSPS) is 28.8. The van der Waals surface area contributed by atoms with E-state index in [1.165, 1.54) is 25.8 Å². The molecule has 2 atom stereocenters. The first-order valence-corrected chi connectivity index (χ1v) is 7.49. The summed E-state index contributed by atoms with van der Waals surface area (Å²) in [6.07, 6.45) is 3.90. The molecule has 2 unspecified atom stereocenters. The molecule has 0 saturated heterocycles. The Morgan fingerprint density at radius 3 is 2.33 bits per heavy atom. The molecule has 1 fully saturated rings. The molecule has 3 nitrogen and oxygen atoms in total. The van der Waals surface area contributed by atoms with Gasteiger partial charge in [0.25, 0.3) is 0 Å². The Labute approximate surface area is 114 Å². The first-order valence-electron chi connectivity index (χ1n) is 7.49. The lowest BCUT2D eigenvalue weighted by molar-refractivity contribution is 0.0748. The van der Waals surface area contributed by atoms with Gasteiger partial charge >= 0.3 is 0 Å². The fourth-order valence-corrected chi connectivity index (χ4v) is 3.25. The first kappa shape index (κ1) is 15.9. The van der Waals surface area contributed by atoms with Gasteiger partial charge in [-0.3, -0.25) is 4.90 Å². The number of nitrogens with two attached hydrogens (primary N) is 1.